The molecular weight excluding hydrogens is 227 g/mol. The predicted molar refractivity (Wildman–Crippen MR) is 65.6 cm³/mol. The van der Waals surface area contributed by atoms with Crippen LogP contribution in [0.1, 0.15) is 12.8 Å². The molecule has 1 aromatic rings. The fraction of sp³-hybridized carbons (Fsp3) is 0.500. The first-order valence-electron chi connectivity index (χ1n) is 5.67. The van der Waals surface area contributed by atoms with Gasteiger partial charge in [-0.2, -0.15) is 0 Å². The minimum atomic E-state index is -0.368. The minimum absolute atomic E-state index is 0.171. The van der Waals surface area contributed by atoms with Gasteiger partial charge in [-0.05, 0) is 44.1 Å². The number of likely N-dealkylation sites (tertiary alicyclic amines) is 1. The first kappa shape index (κ1) is 11.7. The van der Waals surface area contributed by atoms with Crippen LogP contribution in [0.3, 0.4) is 0 Å². The van der Waals surface area contributed by atoms with E-state index in [1.54, 1.807) is 12.1 Å². The van der Waals surface area contributed by atoms with Gasteiger partial charge in [0.2, 0.25) is 0 Å². The van der Waals surface area contributed by atoms with Crippen molar-refractivity contribution in [3.05, 3.63) is 29.0 Å². The molecule has 0 atom stereocenters. The van der Waals surface area contributed by atoms with Crippen LogP contribution in [0, 0.1) is 5.82 Å². The Morgan fingerprint density at radius 1 is 1.31 bits per heavy atom. The Bertz CT molecular complexity index is 351. The van der Waals surface area contributed by atoms with Gasteiger partial charge in [0.15, 0.2) is 0 Å². The van der Waals surface area contributed by atoms with Crippen molar-refractivity contribution in [1.29, 1.82) is 0 Å². The highest BCUT2D eigenvalue weighted by Gasteiger charge is 2.10. The smallest absolute Gasteiger partial charge is 0.143 e. The maximum atomic E-state index is 13.1. The van der Waals surface area contributed by atoms with Gasteiger partial charge in [-0.3, -0.25) is 0 Å². The quantitative estimate of drug-likeness (QED) is 0.873. The largest absolute Gasteiger partial charge is 0.384 e. The van der Waals surface area contributed by atoms with E-state index in [1.165, 1.54) is 32.0 Å². The topological polar surface area (TPSA) is 15.3 Å². The third-order valence-electron chi connectivity index (χ3n) is 2.88. The molecule has 1 fully saturated rings. The molecular formula is C12H16ClFN2. The van der Waals surface area contributed by atoms with Gasteiger partial charge < -0.3 is 10.2 Å². The fourth-order valence-electron chi connectivity index (χ4n) is 1.97. The van der Waals surface area contributed by atoms with E-state index in [0.29, 0.717) is 0 Å². The molecule has 0 amide bonds. The molecule has 4 heteroatoms. The molecule has 1 N–H and O–H groups in total. The lowest BCUT2D eigenvalue weighted by Crippen LogP contribution is -2.25. The van der Waals surface area contributed by atoms with Crippen LogP contribution >= 0.6 is 11.6 Å². The van der Waals surface area contributed by atoms with Gasteiger partial charge in [0.25, 0.3) is 0 Å². The highest BCUT2D eigenvalue weighted by Crippen LogP contribution is 2.18. The van der Waals surface area contributed by atoms with E-state index in [1.807, 2.05) is 0 Å². The maximum Gasteiger partial charge on any atom is 0.143 e. The Labute approximate surface area is 100 Å². The van der Waals surface area contributed by atoms with E-state index in [-0.39, 0.29) is 10.8 Å². The standard InChI is InChI=1S/C12H16ClFN2/c13-11-4-3-10(9-12(11)14)15-5-8-16-6-1-2-7-16/h3-4,9,15H,1-2,5-8H2. The van der Waals surface area contributed by atoms with Crippen molar-refractivity contribution in [3.8, 4) is 0 Å². The van der Waals surface area contributed by atoms with E-state index >= 15 is 0 Å². The lowest BCUT2D eigenvalue weighted by Gasteiger charge is -2.15. The van der Waals surface area contributed by atoms with Crippen LogP contribution in [-0.4, -0.2) is 31.1 Å². The van der Waals surface area contributed by atoms with Crippen molar-refractivity contribution in [2.75, 3.05) is 31.5 Å². The average Bonchev–Trinajstić information content (AvgIpc) is 2.76. The summed E-state index contributed by atoms with van der Waals surface area (Å²) >= 11 is 5.61. The van der Waals surface area contributed by atoms with E-state index in [4.69, 9.17) is 11.6 Å². The molecule has 1 aliphatic heterocycles. The summed E-state index contributed by atoms with van der Waals surface area (Å²) in [4.78, 5) is 2.42. The fourth-order valence-corrected chi connectivity index (χ4v) is 2.09. The lowest BCUT2D eigenvalue weighted by atomic mass is 10.3. The van der Waals surface area contributed by atoms with Crippen molar-refractivity contribution in [1.82, 2.24) is 4.90 Å². The van der Waals surface area contributed by atoms with Gasteiger partial charge in [-0.1, -0.05) is 11.6 Å². The van der Waals surface area contributed by atoms with Crippen molar-refractivity contribution < 1.29 is 4.39 Å². The van der Waals surface area contributed by atoms with Gasteiger partial charge >= 0.3 is 0 Å². The molecule has 1 aliphatic rings. The summed E-state index contributed by atoms with van der Waals surface area (Å²) in [7, 11) is 0. The summed E-state index contributed by atoms with van der Waals surface area (Å²) in [5, 5.41) is 3.37. The number of nitrogens with one attached hydrogen (secondary N) is 1. The third kappa shape index (κ3) is 3.09. The molecule has 16 heavy (non-hydrogen) atoms. The number of hydrogen-bond acceptors (Lipinski definition) is 2. The van der Waals surface area contributed by atoms with E-state index < -0.39 is 0 Å². The van der Waals surface area contributed by atoms with Gasteiger partial charge in [0, 0.05) is 18.8 Å². The Balaban J connectivity index is 1.78. The Hall–Kier alpha value is -0.800. The molecule has 1 saturated heterocycles. The second-order valence-corrected chi connectivity index (χ2v) is 4.51. The highest BCUT2D eigenvalue weighted by atomic mass is 35.5. The molecule has 0 aliphatic carbocycles. The summed E-state index contributed by atoms with van der Waals surface area (Å²) in [6, 6.07) is 4.82. The van der Waals surface area contributed by atoms with Crippen LogP contribution in [0.2, 0.25) is 5.02 Å². The normalized spacial score (nSPS) is 16.6. The predicted octanol–water partition coefficient (Wildman–Crippen LogP) is 2.99. The summed E-state index contributed by atoms with van der Waals surface area (Å²) in [5.74, 6) is -0.368. The van der Waals surface area contributed by atoms with E-state index in [0.717, 1.165) is 18.8 Å². The highest BCUT2D eigenvalue weighted by molar-refractivity contribution is 6.30. The lowest BCUT2D eigenvalue weighted by molar-refractivity contribution is 0.352. The first-order valence-corrected chi connectivity index (χ1v) is 6.05. The monoisotopic (exact) mass is 242 g/mol. The second-order valence-electron chi connectivity index (χ2n) is 4.10. The summed E-state index contributed by atoms with van der Waals surface area (Å²) in [6.45, 7) is 4.25. The summed E-state index contributed by atoms with van der Waals surface area (Å²) in [6.07, 6.45) is 2.60. The number of hydrogen-bond donors (Lipinski definition) is 1. The van der Waals surface area contributed by atoms with Crippen molar-refractivity contribution in [2.45, 2.75) is 12.8 Å². The van der Waals surface area contributed by atoms with Crippen LogP contribution in [-0.2, 0) is 0 Å². The maximum absolute atomic E-state index is 13.1. The minimum Gasteiger partial charge on any atom is -0.384 e. The number of anilines is 1. The Morgan fingerprint density at radius 3 is 2.75 bits per heavy atom. The van der Waals surface area contributed by atoms with Crippen LogP contribution < -0.4 is 5.32 Å². The van der Waals surface area contributed by atoms with Gasteiger partial charge in [0.1, 0.15) is 5.82 Å². The SMILES string of the molecule is Fc1cc(NCCN2CCCC2)ccc1Cl. The average molecular weight is 243 g/mol. The van der Waals surface area contributed by atoms with E-state index in [2.05, 4.69) is 10.2 Å². The van der Waals surface area contributed by atoms with Gasteiger partial charge in [0.05, 0.1) is 5.02 Å². The summed E-state index contributed by atoms with van der Waals surface area (Å²) < 4.78 is 13.1. The Kier molecular flexibility index (Phi) is 4.02. The van der Waals surface area contributed by atoms with Crippen LogP contribution in [0.15, 0.2) is 18.2 Å². The molecule has 0 radical (unpaired) electrons. The molecule has 0 bridgehead atoms. The molecule has 2 nitrogen and oxygen atoms in total. The molecule has 2 rings (SSSR count). The number of benzene rings is 1. The van der Waals surface area contributed by atoms with Gasteiger partial charge in [-0.25, -0.2) is 4.39 Å². The Morgan fingerprint density at radius 2 is 2.06 bits per heavy atom. The zero-order valence-electron chi connectivity index (χ0n) is 9.18. The summed E-state index contributed by atoms with van der Waals surface area (Å²) in [5.41, 5.74) is 0.793. The van der Waals surface area contributed by atoms with Crippen LogP contribution in [0.25, 0.3) is 0 Å². The first-order chi connectivity index (χ1) is 7.75. The molecule has 0 saturated carbocycles. The molecule has 1 heterocycles. The molecule has 0 spiro atoms. The number of rotatable bonds is 4. The molecule has 0 aromatic heterocycles. The van der Waals surface area contributed by atoms with Gasteiger partial charge in [-0.15, -0.1) is 0 Å². The zero-order valence-corrected chi connectivity index (χ0v) is 9.93. The van der Waals surface area contributed by atoms with Crippen molar-refractivity contribution >= 4 is 17.3 Å². The van der Waals surface area contributed by atoms with Crippen LogP contribution in [0.5, 0.6) is 0 Å². The molecule has 0 unspecified atom stereocenters. The van der Waals surface area contributed by atoms with E-state index in [9.17, 15) is 4.39 Å². The third-order valence-corrected chi connectivity index (χ3v) is 3.18. The van der Waals surface area contributed by atoms with Crippen molar-refractivity contribution in [3.63, 3.8) is 0 Å². The number of halogens is 2. The van der Waals surface area contributed by atoms with Crippen molar-refractivity contribution in [2.24, 2.45) is 0 Å². The molecule has 88 valence electrons. The molecule has 1 aromatic carbocycles. The zero-order chi connectivity index (χ0) is 11.4. The number of nitrogens with zero attached hydrogens (tertiary/aromatic N) is 1. The second kappa shape index (κ2) is 5.51. The van der Waals surface area contributed by atoms with Crippen LogP contribution in [0.4, 0.5) is 10.1 Å².